The van der Waals surface area contributed by atoms with Crippen LogP contribution in [-0.4, -0.2) is 27.5 Å². The highest BCUT2D eigenvalue weighted by Gasteiger charge is 2.34. The minimum absolute atomic E-state index is 0.0159. The van der Waals surface area contributed by atoms with E-state index in [0.29, 0.717) is 6.54 Å². The monoisotopic (exact) mass is 314 g/mol. The van der Waals surface area contributed by atoms with Gasteiger partial charge in [0.1, 0.15) is 5.82 Å². The second kappa shape index (κ2) is 6.71. The molecule has 0 bridgehead atoms. The third-order valence-electron chi connectivity index (χ3n) is 4.94. The molecular weight excluding hydrogens is 288 g/mol. The van der Waals surface area contributed by atoms with Gasteiger partial charge in [-0.3, -0.25) is 4.79 Å². The molecule has 1 aliphatic carbocycles. The molecule has 3 N–H and O–H groups in total. The number of benzene rings is 1. The number of aryl methyl sites for hydroxylation is 2. The number of nitrogens with two attached hydrogens (primary N) is 1. The molecule has 1 heterocycles. The average Bonchev–Trinajstić information content (AvgIpc) is 2.89. The van der Waals surface area contributed by atoms with Gasteiger partial charge in [-0.05, 0) is 31.4 Å². The Balaban J connectivity index is 1.51. The van der Waals surface area contributed by atoms with E-state index in [9.17, 15) is 4.79 Å². The maximum Gasteiger partial charge on any atom is 0.240 e. The van der Waals surface area contributed by atoms with Gasteiger partial charge >= 0.3 is 0 Å². The fourth-order valence-corrected chi connectivity index (χ4v) is 3.45. The third-order valence-corrected chi connectivity index (χ3v) is 4.94. The van der Waals surface area contributed by atoms with Crippen molar-refractivity contribution in [1.29, 1.82) is 0 Å². The Labute approximate surface area is 137 Å². The number of imidazole rings is 1. The van der Waals surface area contributed by atoms with E-state index in [1.165, 1.54) is 6.42 Å². The second-order valence-corrected chi connectivity index (χ2v) is 6.65. The molecule has 5 nitrogen and oxygen atoms in total. The molecule has 0 aliphatic heterocycles. The molecule has 1 saturated carbocycles. The summed E-state index contributed by atoms with van der Waals surface area (Å²) in [5.41, 5.74) is 7.77. The number of carbonyl (C=O) groups is 1. The van der Waals surface area contributed by atoms with Gasteiger partial charge in [0, 0.05) is 20.0 Å². The lowest BCUT2D eigenvalue weighted by Gasteiger charge is -2.31. The zero-order valence-corrected chi connectivity index (χ0v) is 13.8. The van der Waals surface area contributed by atoms with Gasteiger partial charge in [-0.2, -0.15) is 0 Å². The van der Waals surface area contributed by atoms with E-state index in [4.69, 9.17) is 5.73 Å². The summed E-state index contributed by atoms with van der Waals surface area (Å²) in [7, 11) is 2.04. The molecule has 1 aliphatic rings. The van der Waals surface area contributed by atoms with Crippen molar-refractivity contribution in [2.75, 3.05) is 6.54 Å². The smallest absolute Gasteiger partial charge is 0.240 e. The molecule has 0 radical (unpaired) electrons. The van der Waals surface area contributed by atoms with Crippen LogP contribution in [0.3, 0.4) is 0 Å². The van der Waals surface area contributed by atoms with Crippen molar-refractivity contribution in [2.45, 2.75) is 50.5 Å². The quantitative estimate of drug-likeness (QED) is 0.832. The third kappa shape index (κ3) is 3.39. The van der Waals surface area contributed by atoms with E-state index in [1.54, 1.807) is 0 Å². The van der Waals surface area contributed by atoms with Crippen molar-refractivity contribution in [3.8, 4) is 0 Å². The van der Waals surface area contributed by atoms with Crippen molar-refractivity contribution in [3.63, 3.8) is 0 Å². The Hall–Kier alpha value is -1.88. The number of hydrogen-bond donors (Lipinski definition) is 2. The van der Waals surface area contributed by atoms with Gasteiger partial charge in [0.05, 0.1) is 16.6 Å². The topological polar surface area (TPSA) is 72.9 Å². The molecule has 5 heteroatoms. The highest BCUT2D eigenvalue weighted by atomic mass is 16.2. The number of amides is 1. The van der Waals surface area contributed by atoms with E-state index in [1.807, 2.05) is 25.2 Å². The predicted octanol–water partition coefficient (Wildman–Crippen LogP) is 2.28. The van der Waals surface area contributed by atoms with E-state index in [0.717, 1.165) is 55.4 Å². The summed E-state index contributed by atoms with van der Waals surface area (Å²) >= 11 is 0. The molecule has 2 aromatic rings. The van der Waals surface area contributed by atoms with E-state index < -0.39 is 5.54 Å². The highest BCUT2D eigenvalue weighted by Crippen LogP contribution is 2.25. The maximum absolute atomic E-state index is 12.3. The summed E-state index contributed by atoms with van der Waals surface area (Å²) in [6, 6.07) is 8.14. The van der Waals surface area contributed by atoms with Crippen LogP contribution in [0.25, 0.3) is 11.0 Å². The summed E-state index contributed by atoms with van der Waals surface area (Å²) in [5.74, 6) is 1.07. The van der Waals surface area contributed by atoms with Crippen molar-refractivity contribution in [1.82, 2.24) is 14.9 Å². The molecule has 1 aromatic carbocycles. The van der Waals surface area contributed by atoms with E-state index in [2.05, 4.69) is 20.9 Å². The SMILES string of the molecule is Cn1c(CCCNC(=O)C2(N)CCCCC2)nc2ccccc21. The fourth-order valence-electron chi connectivity index (χ4n) is 3.45. The summed E-state index contributed by atoms with van der Waals surface area (Å²) in [5, 5.41) is 3.02. The number of fused-ring (bicyclic) bond motifs is 1. The predicted molar refractivity (Wildman–Crippen MR) is 92.0 cm³/mol. The molecule has 0 spiro atoms. The van der Waals surface area contributed by atoms with Gasteiger partial charge in [-0.1, -0.05) is 31.4 Å². The highest BCUT2D eigenvalue weighted by molar-refractivity contribution is 5.86. The van der Waals surface area contributed by atoms with Gasteiger partial charge in [0.25, 0.3) is 0 Å². The Morgan fingerprint density at radius 1 is 1.30 bits per heavy atom. The Morgan fingerprint density at radius 2 is 2.04 bits per heavy atom. The van der Waals surface area contributed by atoms with Gasteiger partial charge in [0.2, 0.25) is 5.91 Å². The summed E-state index contributed by atoms with van der Waals surface area (Å²) in [6.07, 6.45) is 6.65. The number of aromatic nitrogens is 2. The van der Waals surface area contributed by atoms with Crippen molar-refractivity contribution >= 4 is 16.9 Å². The van der Waals surface area contributed by atoms with Gasteiger partial charge in [-0.15, -0.1) is 0 Å². The standard InChI is InChI=1S/C18H26N4O/c1-22-15-9-4-3-8-14(15)21-16(22)10-7-13-20-17(23)18(19)11-5-2-6-12-18/h3-4,8-9H,2,5-7,10-13,19H2,1H3,(H,20,23). The maximum atomic E-state index is 12.3. The number of hydrogen-bond acceptors (Lipinski definition) is 3. The molecule has 1 amide bonds. The first-order valence-corrected chi connectivity index (χ1v) is 8.58. The molecule has 1 aromatic heterocycles. The summed E-state index contributed by atoms with van der Waals surface area (Å²) < 4.78 is 2.13. The van der Waals surface area contributed by atoms with Crippen LogP contribution in [-0.2, 0) is 18.3 Å². The van der Waals surface area contributed by atoms with Gasteiger partial charge in [-0.25, -0.2) is 4.98 Å². The van der Waals surface area contributed by atoms with Gasteiger partial charge < -0.3 is 15.6 Å². The number of nitrogens with zero attached hydrogens (tertiary/aromatic N) is 2. The van der Waals surface area contributed by atoms with Crippen LogP contribution in [0.4, 0.5) is 0 Å². The number of para-hydroxylation sites is 2. The zero-order chi connectivity index (χ0) is 16.3. The molecule has 124 valence electrons. The van der Waals surface area contributed by atoms with Crippen LogP contribution in [0.15, 0.2) is 24.3 Å². The molecule has 0 saturated heterocycles. The summed E-state index contributed by atoms with van der Waals surface area (Å²) in [6.45, 7) is 0.654. The molecule has 3 rings (SSSR count). The number of rotatable bonds is 5. The Bertz CT molecular complexity index is 685. The Kier molecular flexibility index (Phi) is 4.66. The minimum Gasteiger partial charge on any atom is -0.354 e. The largest absolute Gasteiger partial charge is 0.354 e. The van der Waals surface area contributed by atoms with Crippen LogP contribution in [0.2, 0.25) is 0 Å². The van der Waals surface area contributed by atoms with Crippen LogP contribution < -0.4 is 11.1 Å². The van der Waals surface area contributed by atoms with E-state index in [-0.39, 0.29) is 5.91 Å². The first kappa shape index (κ1) is 16.0. The van der Waals surface area contributed by atoms with Crippen LogP contribution in [0.1, 0.15) is 44.3 Å². The lowest BCUT2D eigenvalue weighted by atomic mass is 9.82. The van der Waals surface area contributed by atoms with Crippen molar-refractivity contribution in [2.24, 2.45) is 12.8 Å². The minimum atomic E-state index is -0.643. The van der Waals surface area contributed by atoms with Crippen LogP contribution in [0.5, 0.6) is 0 Å². The van der Waals surface area contributed by atoms with Crippen LogP contribution in [0, 0.1) is 0 Å². The first-order chi connectivity index (χ1) is 11.1. The zero-order valence-electron chi connectivity index (χ0n) is 13.8. The molecule has 23 heavy (non-hydrogen) atoms. The summed E-state index contributed by atoms with van der Waals surface area (Å²) in [4.78, 5) is 16.9. The van der Waals surface area contributed by atoms with Crippen molar-refractivity contribution in [3.05, 3.63) is 30.1 Å². The molecular formula is C18H26N4O. The first-order valence-electron chi connectivity index (χ1n) is 8.58. The lowest BCUT2D eigenvalue weighted by Crippen LogP contribution is -2.55. The number of nitrogens with one attached hydrogen (secondary N) is 1. The van der Waals surface area contributed by atoms with Crippen LogP contribution >= 0.6 is 0 Å². The van der Waals surface area contributed by atoms with Crippen molar-refractivity contribution < 1.29 is 4.79 Å². The molecule has 0 atom stereocenters. The average molecular weight is 314 g/mol. The fraction of sp³-hybridized carbons (Fsp3) is 0.556. The second-order valence-electron chi connectivity index (χ2n) is 6.65. The van der Waals surface area contributed by atoms with Gasteiger partial charge in [0.15, 0.2) is 0 Å². The van der Waals surface area contributed by atoms with E-state index >= 15 is 0 Å². The normalized spacial score (nSPS) is 17.3. The number of carbonyl (C=O) groups excluding carboxylic acids is 1. The molecule has 1 fully saturated rings. The molecule has 0 unspecified atom stereocenters. The Morgan fingerprint density at radius 3 is 2.78 bits per heavy atom. The lowest BCUT2D eigenvalue weighted by molar-refractivity contribution is -0.127.